The Kier molecular flexibility index (Phi) is 3.57. The molecule has 2 N–H and O–H groups in total. The summed E-state index contributed by atoms with van der Waals surface area (Å²) >= 11 is 3.17. The van der Waals surface area contributed by atoms with Crippen molar-refractivity contribution in [3.63, 3.8) is 0 Å². The highest BCUT2D eigenvalue weighted by Gasteiger charge is 2.13. The van der Waals surface area contributed by atoms with Gasteiger partial charge in [0.1, 0.15) is 16.2 Å². The smallest absolute Gasteiger partial charge is 0.259 e. The van der Waals surface area contributed by atoms with Crippen molar-refractivity contribution in [3.05, 3.63) is 52.5 Å². The lowest BCUT2D eigenvalue weighted by molar-refractivity contribution is 0.102. The Labute approximate surface area is 111 Å². The SMILES string of the molecule is O=C(Nc1cccnc1Br)c1cc(F)ccc1O. The Balaban J connectivity index is 2.28. The minimum absolute atomic E-state index is 0.134. The number of amides is 1. The fourth-order valence-electron chi connectivity index (χ4n) is 1.36. The van der Waals surface area contributed by atoms with Gasteiger partial charge in [-0.3, -0.25) is 4.79 Å². The van der Waals surface area contributed by atoms with Crippen LogP contribution in [0.2, 0.25) is 0 Å². The van der Waals surface area contributed by atoms with Crippen LogP contribution in [0.4, 0.5) is 10.1 Å². The van der Waals surface area contributed by atoms with Gasteiger partial charge in [-0.25, -0.2) is 9.37 Å². The maximum absolute atomic E-state index is 13.0. The molecule has 0 aliphatic heterocycles. The van der Waals surface area contributed by atoms with Crippen LogP contribution in [0.5, 0.6) is 5.75 Å². The number of hydrogen-bond donors (Lipinski definition) is 2. The van der Waals surface area contributed by atoms with E-state index in [1.165, 1.54) is 0 Å². The van der Waals surface area contributed by atoms with Crippen LogP contribution in [0, 0.1) is 5.82 Å². The number of aromatic hydroxyl groups is 1. The molecule has 4 nitrogen and oxygen atoms in total. The van der Waals surface area contributed by atoms with Gasteiger partial charge in [-0.1, -0.05) is 0 Å². The first-order valence-corrected chi connectivity index (χ1v) is 5.77. The summed E-state index contributed by atoms with van der Waals surface area (Å²) in [7, 11) is 0. The van der Waals surface area contributed by atoms with Crippen molar-refractivity contribution in [3.8, 4) is 5.75 Å². The summed E-state index contributed by atoms with van der Waals surface area (Å²) < 4.78 is 13.5. The molecule has 0 unspecified atom stereocenters. The summed E-state index contributed by atoms with van der Waals surface area (Å²) in [6, 6.07) is 6.45. The van der Waals surface area contributed by atoms with E-state index in [1.807, 2.05) is 0 Å². The quantitative estimate of drug-likeness (QED) is 0.838. The number of benzene rings is 1. The van der Waals surface area contributed by atoms with Crippen molar-refractivity contribution in [1.82, 2.24) is 4.98 Å². The molecule has 0 spiro atoms. The number of nitrogens with zero attached hydrogens (tertiary/aromatic N) is 1. The van der Waals surface area contributed by atoms with E-state index in [0.29, 0.717) is 10.3 Å². The van der Waals surface area contributed by atoms with Gasteiger partial charge in [0.25, 0.3) is 5.91 Å². The van der Waals surface area contributed by atoms with Gasteiger partial charge < -0.3 is 10.4 Å². The number of rotatable bonds is 2. The van der Waals surface area contributed by atoms with E-state index in [9.17, 15) is 14.3 Å². The van der Waals surface area contributed by atoms with Crippen LogP contribution in [0.15, 0.2) is 41.1 Å². The number of aromatic nitrogens is 1. The summed E-state index contributed by atoms with van der Waals surface area (Å²) in [6.07, 6.45) is 1.55. The molecule has 0 saturated carbocycles. The number of hydrogen-bond acceptors (Lipinski definition) is 3. The van der Waals surface area contributed by atoms with Gasteiger partial charge in [0.05, 0.1) is 11.3 Å². The van der Waals surface area contributed by atoms with E-state index in [1.54, 1.807) is 18.3 Å². The fraction of sp³-hybridized carbons (Fsp3) is 0. The van der Waals surface area contributed by atoms with Crippen molar-refractivity contribution in [2.24, 2.45) is 0 Å². The van der Waals surface area contributed by atoms with E-state index < -0.39 is 11.7 Å². The minimum atomic E-state index is -0.610. The van der Waals surface area contributed by atoms with Gasteiger partial charge in [0.2, 0.25) is 0 Å². The molecule has 1 aromatic heterocycles. The second kappa shape index (κ2) is 5.14. The summed E-state index contributed by atoms with van der Waals surface area (Å²) in [5.41, 5.74) is 0.303. The molecular formula is C12H8BrFN2O2. The first kappa shape index (κ1) is 12.5. The van der Waals surface area contributed by atoms with Crippen LogP contribution in [0.3, 0.4) is 0 Å². The van der Waals surface area contributed by atoms with E-state index in [4.69, 9.17) is 0 Å². The average Bonchev–Trinajstić information content (AvgIpc) is 2.35. The van der Waals surface area contributed by atoms with Gasteiger partial charge in [-0.05, 0) is 46.3 Å². The Hall–Kier alpha value is -1.95. The molecule has 1 aromatic carbocycles. The van der Waals surface area contributed by atoms with Crippen LogP contribution in [0.25, 0.3) is 0 Å². The minimum Gasteiger partial charge on any atom is -0.507 e. The zero-order valence-electron chi connectivity index (χ0n) is 9.02. The number of nitrogens with one attached hydrogen (secondary N) is 1. The summed E-state index contributed by atoms with van der Waals surface area (Å²) in [5, 5.41) is 12.0. The highest BCUT2D eigenvalue weighted by atomic mass is 79.9. The Morgan fingerprint density at radius 2 is 2.17 bits per heavy atom. The van der Waals surface area contributed by atoms with Gasteiger partial charge >= 0.3 is 0 Å². The fourth-order valence-corrected chi connectivity index (χ4v) is 1.71. The molecule has 6 heteroatoms. The summed E-state index contributed by atoms with van der Waals surface area (Å²) in [6.45, 7) is 0. The number of phenols is 1. The normalized spacial score (nSPS) is 10.1. The molecule has 2 aromatic rings. The van der Waals surface area contributed by atoms with Crippen molar-refractivity contribution < 1.29 is 14.3 Å². The molecule has 0 aliphatic rings. The maximum atomic E-state index is 13.0. The predicted octanol–water partition coefficient (Wildman–Crippen LogP) is 2.94. The van der Waals surface area contributed by atoms with Crippen molar-refractivity contribution in [2.45, 2.75) is 0 Å². The van der Waals surface area contributed by atoms with Gasteiger partial charge in [0.15, 0.2) is 0 Å². The zero-order chi connectivity index (χ0) is 13.1. The predicted molar refractivity (Wildman–Crippen MR) is 68.0 cm³/mol. The molecule has 1 amide bonds. The lowest BCUT2D eigenvalue weighted by atomic mass is 10.2. The number of carbonyl (C=O) groups excluding carboxylic acids is 1. The standard InChI is InChI=1S/C12H8BrFN2O2/c13-11-9(2-1-5-15-11)16-12(18)8-6-7(14)3-4-10(8)17/h1-6,17H,(H,16,18). The topological polar surface area (TPSA) is 62.2 Å². The summed E-state index contributed by atoms with van der Waals surface area (Å²) in [5.74, 6) is -1.49. The number of pyridine rings is 1. The van der Waals surface area contributed by atoms with E-state index in [2.05, 4.69) is 26.2 Å². The van der Waals surface area contributed by atoms with Gasteiger partial charge in [0, 0.05) is 6.20 Å². The highest BCUT2D eigenvalue weighted by Crippen LogP contribution is 2.22. The van der Waals surface area contributed by atoms with E-state index in [0.717, 1.165) is 18.2 Å². The lowest BCUT2D eigenvalue weighted by Crippen LogP contribution is -2.13. The van der Waals surface area contributed by atoms with Crippen LogP contribution >= 0.6 is 15.9 Å². The molecule has 0 aliphatic carbocycles. The summed E-state index contributed by atoms with van der Waals surface area (Å²) in [4.78, 5) is 15.8. The Morgan fingerprint density at radius 3 is 2.89 bits per heavy atom. The molecule has 1 heterocycles. The molecule has 92 valence electrons. The number of carbonyl (C=O) groups is 1. The number of anilines is 1. The van der Waals surface area contributed by atoms with Crippen LogP contribution in [-0.2, 0) is 0 Å². The molecule has 18 heavy (non-hydrogen) atoms. The Bertz CT molecular complexity index is 604. The third kappa shape index (κ3) is 2.65. The second-order valence-electron chi connectivity index (χ2n) is 3.46. The molecule has 0 radical (unpaired) electrons. The second-order valence-corrected chi connectivity index (χ2v) is 4.21. The van der Waals surface area contributed by atoms with Gasteiger partial charge in [-0.15, -0.1) is 0 Å². The largest absolute Gasteiger partial charge is 0.507 e. The van der Waals surface area contributed by atoms with Crippen molar-refractivity contribution >= 4 is 27.5 Å². The molecule has 0 saturated heterocycles. The molecule has 2 rings (SSSR count). The third-order valence-corrected chi connectivity index (χ3v) is 2.84. The lowest BCUT2D eigenvalue weighted by Gasteiger charge is -2.07. The van der Waals surface area contributed by atoms with E-state index in [-0.39, 0.29) is 11.3 Å². The zero-order valence-corrected chi connectivity index (χ0v) is 10.6. The first-order chi connectivity index (χ1) is 8.58. The van der Waals surface area contributed by atoms with Crippen LogP contribution in [0.1, 0.15) is 10.4 Å². The van der Waals surface area contributed by atoms with Crippen LogP contribution in [-0.4, -0.2) is 16.0 Å². The molecule has 0 atom stereocenters. The Morgan fingerprint density at radius 1 is 1.39 bits per heavy atom. The third-order valence-electron chi connectivity index (χ3n) is 2.21. The van der Waals surface area contributed by atoms with E-state index >= 15 is 0 Å². The average molecular weight is 311 g/mol. The van der Waals surface area contributed by atoms with Gasteiger partial charge in [-0.2, -0.15) is 0 Å². The monoisotopic (exact) mass is 310 g/mol. The van der Waals surface area contributed by atoms with Crippen molar-refractivity contribution in [2.75, 3.05) is 5.32 Å². The maximum Gasteiger partial charge on any atom is 0.259 e. The molecule has 0 fully saturated rings. The molecule has 0 bridgehead atoms. The highest BCUT2D eigenvalue weighted by molar-refractivity contribution is 9.10. The van der Waals surface area contributed by atoms with Crippen molar-refractivity contribution in [1.29, 1.82) is 0 Å². The number of phenolic OH excluding ortho intramolecular Hbond substituents is 1. The van der Waals surface area contributed by atoms with Crippen LogP contribution < -0.4 is 5.32 Å². The number of halogens is 2. The first-order valence-electron chi connectivity index (χ1n) is 4.98. The molecular weight excluding hydrogens is 303 g/mol.